The first-order valence-electron chi connectivity index (χ1n) is 9.19. The maximum atomic E-state index is 5.90. The van der Waals surface area contributed by atoms with Gasteiger partial charge in [0.25, 0.3) is 0 Å². The molecule has 3 heterocycles. The lowest BCUT2D eigenvalue weighted by Crippen LogP contribution is -2.33. The van der Waals surface area contributed by atoms with Crippen LogP contribution in [0.3, 0.4) is 0 Å². The summed E-state index contributed by atoms with van der Waals surface area (Å²) in [5.74, 6) is 2.61. The Labute approximate surface area is 159 Å². The minimum Gasteiger partial charge on any atom is -0.491 e. The first-order chi connectivity index (χ1) is 13.2. The van der Waals surface area contributed by atoms with Gasteiger partial charge in [0, 0.05) is 24.5 Å². The Bertz CT molecular complexity index is 888. The number of rotatable bonds is 5. The van der Waals surface area contributed by atoms with Crippen LogP contribution in [0.25, 0.3) is 0 Å². The number of hydrogen-bond acceptors (Lipinski definition) is 6. The molecule has 4 rings (SSSR count). The third-order valence-electron chi connectivity index (χ3n) is 4.45. The Balaban J connectivity index is 1.48. The highest BCUT2D eigenvalue weighted by Crippen LogP contribution is 2.28. The van der Waals surface area contributed by atoms with Crippen LogP contribution >= 0.6 is 0 Å². The van der Waals surface area contributed by atoms with Gasteiger partial charge >= 0.3 is 0 Å². The van der Waals surface area contributed by atoms with Crippen LogP contribution in [0.2, 0.25) is 0 Å². The maximum absolute atomic E-state index is 5.90. The molecule has 0 fully saturated rings. The normalized spacial score (nSPS) is 18.2. The summed E-state index contributed by atoms with van der Waals surface area (Å²) in [6.07, 6.45) is 7.73. The zero-order valence-corrected chi connectivity index (χ0v) is 15.5. The minimum absolute atomic E-state index is 0.112. The lowest BCUT2D eigenvalue weighted by Gasteiger charge is -2.25. The number of para-hydroxylation sites is 1. The highest BCUT2D eigenvalue weighted by Gasteiger charge is 2.29. The first kappa shape index (κ1) is 17.3. The van der Waals surface area contributed by atoms with Crippen molar-refractivity contribution in [1.29, 1.82) is 0 Å². The summed E-state index contributed by atoms with van der Waals surface area (Å²) < 4.78 is 5.90. The van der Waals surface area contributed by atoms with Gasteiger partial charge in [-0.15, -0.1) is 0 Å². The number of aliphatic imine (C=N–C) groups is 1. The van der Waals surface area contributed by atoms with E-state index in [4.69, 9.17) is 9.84 Å². The van der Waals surface area contributed by atoms with E-state index in [1.54, 1.807) is 0 Å². The van der Waals surface area contributed by atoms with Gasteiger partial charge in [-0.1, -0.05) is 18.2 Å². The van der Waals surface area contributed by atoms with Crippen molar-refractivity contribution in [2.24, 2.45) is 10.1 Å². The Kier molecular flexibility index (Phi) is 4.87. The van der Waals surface area contributed by atoms with E-state index in [0.717, 1.165) is 28.5 Å². The average molecular weight is 361 g/mol. The lowest BCUT2D eigenvalue weighted by molar-refractivity contribution is 0.240. The van der Waals surface area contributed by atoms with Crippen LogP contribution < -0.4 is 10.1 Å². The molecule has 27 heavy (non-hydrogen) atoms. The molecule has 0 saturated carbocycles. The number of nitrogens with zero attached hydrogens (tertiary/aromatic N) is 4. The molecular formula is C21H23N5O. The molecule has 1 unspecified atom stereocenters. The zero-order chi connectivity index (χ0) is 18.6. The van der Waals surface area contributed by atoms with Crippen LogP contribution in [0, 0.1) is 0 Å². The van der Waals surface area contributed by atoms with Crippen molar-refractivity contribution < 1.29 is 4.74 Å². The van der Waals surface area contributed by atoms with Crippen LogP contribution in [0.15, 0.2) is 71.0 Å². The molecule has 0 spiro atoms. The monoisotopic (exact) mass is 361 g/mol. The molecule has 0 amide bonds. The standard InChI is InChI=1S/C21H23N5O/c1-15(2)27-19-6-4-3-5-17(19)13-23-20-7-8-21-24-14-18(26(21)25-20)16-9-11-22-12-10-16/h3-12,15,18H,13-14H2,1-2H3,(H,23,25). The second-order valence-corrected chi connectivity index (χ2v) is 6.79. The molecule has 0 aliphatic carbocycles. The van der Waals surface area contributed by atoms with Gasteiger partial charge in [-0.2, -0.15) is 5.10 Å². The van der Waals surface area contributed by atoms with E-state index in [-0.39, 0.29) is 12.1 Å². The van der Waals surface area contributed by atoms with Crippen LogP contribution in [0.5, 0.6) is 5.75 Å². The van der Waals surface area contributed by atoms with Crippen LogP contribution in [-0.2, 0) is 6.54 Å². The quantitative estimate of drug-likeness (QED) is 0.888. The maximum Gasteiger partial charge on any atom is 0.146 e. The highest BCUT2D eigenvalue weighted by molar-refractivity contribution is 6.05. The zero-order valence-electron chi connectivity index (χ0n) is 15.5. The molecular weight excluding hydrogens is 338 g/mol. The van der Waals surface area contributed by atoms with Gasteiger partial charge in [-0.25, -0.2) is 5.01 Å². The Morgan fingerprint density at radius 1 is 1.15 bits per heavy atom. The van der Waals surface area contributed by atoms with Crippen molar-refractivity contribution in [2.75, 3.05) is 6.54 Å². The molecule has 1 aromatic carbocycles. The molecule has 1 N–H and O–H groups in total. The molecule has 1 aromatic heterocycles. The molecule has 0 radical (unpaired) electrons. The molecule has 2 aliphatic rings. The Morgan fingerprint density at radius 3 is 2.78 bits per heavy atom. The molecule has 0 bridgehead atoms. The highest BCUT2D eigenvalue weighted by atomic mass is 16.5. The van der Waals surface area contributed by atoms with E-state index in [1.807, 2.05) is 73.7 Å². The lowest BCUT2D eigenvalue weighted by atomic mass is 10.1. The summed E-state index contributed by atoms with van der Waals surface area (Å²) in [7, 11) is 0. The fourth-order valence-corrected chi connectivity index (χ4v) is 3.17. The van der Waals surface area contributed by atoms with Crippen molar-refractivity contribution in [3.8, 4) is 5.75 Å². The van der Waals surface area contributed by atoms with Gasteiger partial charge in [0.2, 0.25) is 0 Å². The van der Waals surface area contributed by atoms with Crippen molar-refractivity contribution in [3.05, 3.63) is 72.1 Å². The smallest absolute Gasteiger partial charge is 0.146 e. The van der Waals surface area contributed by atoms with Crippen LogP contribution in [0.1, 0.15) is 31.0 Å². The Hall–Kier alpha value is -3.15. The molecule has 6 nitrogen and oxygen atoms in total. The number of fused-ring (bicyclic) bond motifs is 1. The minimum atomic E-state index is 0.112. The SMILES string of the molecule is CC(C)Oc1ccccc1CNC1=NN2C(=NCC2c2ccncc2)C=C1. The summed E-state index contributed by atoms with van der Waals surface area (Å²) in [5.41, 5.74) is 2.27. The number of amidine groups is 2. The van der Waals surface area contributed by atoms with Crippen molar-refractivity contribution >= 4 is 11.7 Å². The predicted molar refractivity (Wildman–Crippen MR) is 107 cm³/mol. The number of hydrogen-bond donors (Lipinski definition) is 1. The fourth-order valence-electron chi connectivity index (χ4n) is 3.17. The predicted octanol–water partition coefficient (Wildman–Crippen LogP) is 3.30. The largest absolute Gasteiger partial charge is 0.491 e. The van der Waals surface area contributed by atoms with Gasteiger partial charge in [0.05, 0.1) is 18.7 Å². The fraction of sp³-hybridized carbons (Fsp3) is 0.286. The molecule has 0 saturated heterocycles. The summed E-state index contributed by atoms with van der Waals surface area (Å²) in [6, 6.07) is 12.2. The Morgan fingerprint density at radius 2 is 1.96 bits per heavy atom. The van der Waals surface area contributed by atoms with Crippen LogP contribution in [-0.4, -0.2) is 34.3 Å². The molecule has 1 atom stereocenters. The number of nitrogens with one attached hydrogen (secondary N) is 1. The van der Waals surface area contributed by atoms with Gasteiger partial charge in [-0.3, -0.25) is 9.98 Å². The van der Waals surface area contributed by atoms with Crippen molar-refractivity contribution in [2.45, 2.75) is 32.5 Å². The summed E-state index contributed by atoms with van der Waals surface area (Å²) in [4.78, 5) is 8.69. The van der Waals surface area contributed by atoms with Gasteiger partial charge in [-0.05, 0) is 49.8 Å². The van der Waals surface area contributed by atoms with Crippen molar-refractivity contribution in [1.82, 2.24) is 15.3 Å². The molecule has 6 heteroatoms. The van der Waals surface area contributed by atoms with E-state index < -0.39 is 0 Å². The molecule has 138 valence electrons. The first-order valence-corrected chi connectivity index (χ1v) is 9.19. The van der Waals surface area contributed by atoms with E-state index in [0.29, 0.717) is 13.1 Å². The van der Waals surface area contributed by atoms with E-state index in [1.165, 1.54) is 0 Å². The topological polar surface area (TPSA) is 62.1 Å². The summed E-state index contributed by atoms with van der Waals surface area (Å²) >= 11 is 0. The second kappa shape index (κ2) is 7.61. The second-order valence-electron chi connectivity index (χ2n) is 6.79. The van der Waals surface area contributed by atoms with Gasteiger partial charge in [0.15, 0.2) is 0 Å². The van der Waals surface area contributed by atoms with Gasteiger partial charge in [0.1, 0.15) is 17.4 Å². The van der Waals surface area contributed by atoms with E-state index >= 15 is 0 Å². The number of pyridine rings is 1. The molecule has 2 aromatic rings. The van der Waals surface area contributed by atoms with E-state index in [9.17, 15) is 0 Å². The van der Waals surface area contributed by atoms with Gasteiger partial charge < -0.3 is 10.1 Å². The average Bonchev–Trinajstić information content (AvgIpc) is 3.11. The van der Waals surface area contributed by atoms with Crippen molar-refractivity contribution in [3.63, 3.8) is 0 Å². The van der Waals surface area contributed by atoms with E-state index in [2.05, 4.69) is 21.4 Å². The third-order valence-corrected chi connectivity index (χ3v) is 4.45. The number of aromatic nitrogens is 1. The number of ether oxygens (including phenoxy) is 1. The summed E-state index contributed by atoms with van der Waals surface area (Å²) in [5, 5.41) is 10.2. The molecule has 2 aliphatic heterocycles. The number of benzene rings is 1. The summed E-state index contributed by atoms with van der Waals surface area (Å²) in [6.45, 7) is 5.41. The van der Waals surface area contributed by atoms with Crippen LogP contribution in [0.4, 0.5) is 0 Å². The number of hydrazone groups is 1. The third kappa shape index (κ3) is 3.84.